The van der Waals surface area contributed by atoms with Crippen LogP contribution in [0.3, 0.4) is 0 Å². The van der Waals surface area contributed by atoms with Gasteiger partial charge in [-0.05, 0) is 73.5 Å². The number of carbonyl (C=O) groups excluding carboxylic acids is 2. The number of aryl methyl sites for hydroxylation is 3. The van der Waals surface area contributed by atoms with Crippen LogP contribution >= 0.6 is 0 Å². The van der Waals surface area contributed by atoms with Crippen LogP contribution in [-0.4, -0.2) is 35.9 Å². The molecule has 0 saturated carbocycles. The zero-order chi connectivity index (χ0) is 28.4. The summed E-state index contributed by atoms with van der Waals surface area (Å²) >= 11 is 0. The Hall–Kier alpha value is -2.92. The number of rotatable bonds is 14. The third-order valence-electron chi connectivity index (χ3n) is 7.37. The molecule has 2 aromatic carbocycles. The number of benzene rings is 2. The molecule has 0 unspecified atom stereocenters. The second-order valence-corrected chi connectivity index (χ2v) is 12.1. The molecule has 0 aromatic heterocycles. The van der Waals surface area contributed by atoms with Gasteiger partial charge in [0.1, 0.15) is 6.61 Å². The van der Waals surface area contributed by atoms with Gasteiger partial charge in [0.15, 0.2) is 5.60 Å². The summed E-state index contributed by atoms with van der Waals surface area (Å²) in [7, 11) is 0. The molecule has 1 heterocycles. The summed E-state index contributed by atoms with van der Waals surface area (Å²) in [6.07, 6.45) is 7.27. The predicted octanol–water partition coefficient (Wildman–Crippen LogP) is 6.57. The van der Waals surface area contributed by atoms with E-state index in [-0.39, 0.29) is 26.1 Å². The van der Waals surface area contributed by atoms with Crippen molar-refractivity contribution in [2.75, 3.05) is 13.2 Å². The van der Waals surface area contributed by atoms with Crippen LogP contribution in [0.2, 0.25) is 0 Å². The van der Waals surface area contributed by atoms with Crippen LogP contribution in [0.5, 0.6) is 0 Å². The highest BCUT2D eigenvalue weighted by molar-refractivity contribution is 5.91. The fourth-order valence-electron chi connectivity index (χ4n) is 5.32. The second kappa shape index (κ2) is 14.5. The first-order valence-electron chi connectivity index (χ1n) is 14.4. The van der Waals surface area contributed by atoms with E-state index >= 15 is 0 Å². The lowest BCUT2D eigenvalue weighted by atomic mass is 9.86. The largest absolute Gasteiger partial charge is 0.461 e. The van der Waals surface area contributed by atoms with E-state index in [9.17, 15) is 14.7 Å². The number of esters is 2. The Balaban J connectivity index is 1.49. The normalized spacial score (nSPS) is 18.4. The van der Waals surface area contributed by atoms with Gasteiger partial charge in [-0.2, -0.15) is 0 Å². The maximum absolute atomic E-state index is 12.6. The Morgan fingerprint density at radius 3 is 2.03 bits per heavy atom. The first-order chi connectivity index (χ1) is 18.6. The van der Waals surface area contributed by atoms with Crippen LogP contribution in [0.1, 0.15) is 75.6 Å². The summed E-state index contributed by atoms with van der Waals surface area (Å²) in [5, 5.41) is 10.1. The number of aliphatic hydroxyl groups excluding tert-OH is 1. The first-order valence-corrected chi connectivity index (χ1v) is 14.4. The molecule has 0 aliphatic carbocycles. The number of aliphatic hydroxyl groups is 1. The number of hydrogen-bond acceptors (Lipinski definition) is 5. The van der Waals surface area contributed by atoms with Gasteiger partial charge in [0.25, 0.3) is 0 Å². The molecule has 0 amide bonds. The van der Waals surface area contributed by atoms with Crippen molar-refractivity contribution in [2.45, 2.75) is 85.2 Å². The van der Waals surface area contributed by atoms with Crippen molar-refractivity contribution in [2.24, 2.45) is 17.8 Å². The van der Waals surface area contributed by atoms with E-state index in [1.54, 1.807) is 0 Å². The van der Waals surface area contributed by atoms with E-state index in [4.69, 9.17) is 9.47 Å². The maximum Gasteiger partial charge on any atom is 0.334 e. The summed E-state index contributed by atoms with van der Waals surface area (Å²) in [5.41, 5.74) is 4.01. The predicted molar refractivity (Wildman–Crippen MR) is 155 cm³/mol. The van der Waals surface area contributed by atoms with Gasteiger partial charge in [-0.1, -0.05) is 87.9 Å². The molecule has 3 rings (SSSR count). The van der Waals surface area contributed by atoms with Crippen LogP contribution in [0.15, 0.2) is 60.2 Å². The van der Waals surface area contributed by atoms with Gasteiger partial charge in [-0.3, -0.25) is 4.79 Å². The van der Waals surface area contributed by atoms with Crippen LogP contribution < -0.4 is 0 Å². The quantitative estimate of drug-likeness (QED) is 0.219. The second-order valence-electron chi connectivity index (χ2n) is 12.1. The highest BCUT2D eigenvalue weighted by Gasteiger charge is 2.44. The van der Waals surface area contributed by atoms with E-state index in [0.29, 0.717) is 23.3 Å². The number of allylic oxidation sites excluding steroid dienone is 1. The standard InChI is InChI=1S/C34H46O5/c1-24(2)18-30(19-25(3)4)16-17-31-21-34(22-35,39-33(31)37)23-38-32(36)20-29-14-12-28(13-15-29)11-10-27-8-6-26(5)7-9-27/h6-9,12-15,17,24-25,30,35H,10-11,16,18-23H2,1-5H3/b31-17+/t34-/m1/s1. The molecule has 1 aliphatic heterocycles. The molecule has 2 aromatic rings. The van der Waals surface area contributed by atoms with Gasteiger partial charge in [0, 0.05) is 12.0 Å². The van der Waals surface area contributed by atoms with Crippen LogP contribution in [0.25, 0.3) is 0 Å². The van der Waals surface area contributed by atoms with Gasteiger partial charge in [0.05, 0.1) is 13.0 Å². The Morgan fingerprint density at radius 2 is 1.49 bits per heavy atom. The molecular formula is C34H46O5. The molecule has 39 heavy (non-hydrogen) atoms. The van der Waals surface area contributed by atoms with E-state index in [0.717, 1.165) is 37.7 Å². The monoisotopic (exact) mass is 534 g/mol. The summed E-state index contributed by atoms with van der Waals surface area (Å²) in [6, 6.07) is 16.6. The number of carbonyl (C=O) groups is 2. The van der Waals surface area contributed by atoms with Gasteiger partial charge in [0.2, 0.25) is 0 Å². The highest BCUT2D eigenvalue weighted by Crippen LogP contribution is 2.33. The molecule has 0 radical (unpaired) electrons. The number of cyclic esters (lactones) is 1. The molecule has 1 aliphatic rings. The summed E-state index contributed by atoms with van der Waals surface area (Å²) in [6.45, 7) is 10.4. The van der Waals surface area contributed by atoms with Crippen molar-refractivity contribution >= 4 is 11.9 Å². The average molecular weight is 535 g/mol. The average Bonchev–Trinajstić information content (AvgIpc) is 3.22. The third kappa shape index (κ3) is 9.96. The van der Waals surface area contributed by atoms with E-state index in [2.05, 4.69) is 58.9 Å². The highest BCUT2D eigenvalue weighted by atomic mass is 16.6. The van der Waals surface area contributed by atoms with Crippen molar-refractivity contribution in [1.82, 2.24) is 0 Å². The fraction of sp³-hybridized carbons (Fsp3) is 0.529. The van der Waals surface area contributed by atoms with Crippen LogP contribution in [-0.2, 0) is 38.3 Å². The third-order valence-corrected chi connectivity index (χ3v) is 7.37. The lowest BCUT2D eigenvalue weighted by Gasteiger charge is -2.24. The molecular weight excluding hydrogens is 488 g/mol. The SMILES string of the molecule is Cc1ccc(CCc2ccc(CC(=O)OC[C@]3(CO)C/C(=C\CC(CC(C)C)CC(C)C)C(=O)O3)cc2)cc1. The Kier molecular flexibility index (Phi) is 11.4. The molecule has 0 spiro atoms. The van der Waals surface area contributed by atoms with Gasteiger partial charge < -0.3 is 14.6 Å². The molecule has 5 nitrogen and oxygen atoms in total. The minimum absolute atomic E-state index is 0.127. The lowest BCUT2D eigenvalue weighted by molar-refractivity contribution is -0.165. The molecule has 0 bridgehead atoms. The van der Waals surface area contributed by atoms with Crippen LogP contribution in [0.4, 0.5) is 0 Å². The van der Waals surface area contributed by atoms with Crippen molar-refractivity contribution in [3.63, 3.8) is 0 Å². The summed E-state index contributed by atoms with van der Waals surface area (Å²) in [4.78, 5) is 25.2. The molecule has 5 heteroatoms. The van der Waals surface area contributed by atoms with Gasteiger partial charge in [-0.15, -0.1) is 0 Å². The number of ether oxygens (including phenoxy) is 2. The molecule has 1 N–H and O–H groups in total. The Bertz CT molecular complexity index is 1090. The Morgan fingerprint density at radius 1 is 0.949 bits per heavy atom. The van der Waals surface area contributed by atoms with Crippen molar-refractivity contribution < 1.29 is 24.2 Å². The fourth-order valence-corrected chi connectivity index (χ4v) is 5.32. The van der Waals surface area contributed by atoms with Crippen molar-refractivity contribution in [3.05, 3.63) is 82.4 Å². The summed E-state index contributed by atoms with van der Waals surface area (Å²) in [5.74, 6) is 0.857. The lowest BCUT2D eigenvalue weighted by Crippen LogP contribution is -2.39. The smallest absolute Gasteiger partial charge is 0.334 e. The van der Waals surface area contributed by atoms with E-state index < -0.39 is 17.5 Å². The van der Waals surface area contributed by atoms with Crippen molar-refractivity contribution in [1.29, 1.82) is 0 Å². The maximum atomic E-state index is 12.6. The number of hydrogen-bond donors (Lipinski definition) is 1. The zero-order valence-electron chi connectivity index (χ0n) is 24.4. The van der Waals surface area contributed by atoms with E-state index in [1.165, 1.54) is 16.7 Å². The zero-order valence-corrected chi connectivity index (χ0v) is 24.4. The van der Waals surface area contributed by atoms with Gasteiger partial charge >= 0.3 is 11.9 Å². The summed E-state index contributed by atoms with van der Waals surface area (Å²) < 4.78 is 11.1. The van der Waals surface area contributed by atoms with E-state index in [1.807, 2.05) is 30.3 Å². The van der Waals surface area contributed by atoms with Crippen LogP contribution in [0, 0.1) is 24.7 Å². The minimum Gasteiger partial charge on any atom is -0.461 e. The molecule has 1 atom stereocenters. The molecule has 1 saturated heterocycles. The first kappa shape index (κ1) is 30.6. The molecule has 212 valence electrons. The Labute approximate surface area is 234 Å². The topological polar surface area (TPSA) is 72.8 Å². The molecule has 1 fully saturated rings. The minimum atomic E-state index is -1.20. The van der Waals surface area contributed by atoms with Crippen molar-refractivity contribution in [3.8, 4) is 0 Å². The van der Waals surface area contributed by atoms with Gasteiger partial charge in [-0.25, -0.2) is 4.79 Å².